The second-order valence-electron chi connectivity index (χ2n) is 3.17. The maximum atomic E-state index is 10.1. The Kier molecular flexibility index (Phi) is 5.22. The summed E-state index contributed by atoms with van der Waals surface area (Å²) in [6.45, 7) is 1.04. The van der Waals surface area contributed by atoms with Gasteiger partial charge >= 0.3 is 0 Å². The van der Waals surface area contributed by atoms with E-state index < -0.39 is 6.10 Å². The third-order valence-corrected chi connectivity index (χ3v) is 2.06. The summed E-state index contributed by atoms with van der Waals surface area (Å²) >= 11 is 0. The van der Waals surface area contributed by atoms with Crippen LogP contribution >= 0.6 is 0 Å². The number of hydrogen-bond acceptors (Lipinski definition) is 2. The fraction of sp³-hybridized carbons (Fsp3) is 0.455. The van der Waals surface area contributed by atoms with Gasteiger partial charge in [-0.25, -0.2) is 5.11 Å². The summed E-state index contributed by atoms with van der Waals surface area (Å²) in [5, 5.41) is 22.8. The van der Waals surface area contributed by atoms with E-state index in [1.807, 2.05) is 30.3 Å². The maximum absolute atomic E-state index is 10.1. The first-order valence-electron chi connectivity index (χ1n) is 4.86. The van der Waals surface area contributed by atoms with Gasteiger partial charge in [-0.1, -0.05) is 30.3 Å². The highest BCUT2D eigenvalue weighted by Gasteiger charge is 2.05. The van der Waals surface area contributed by atoms with E-state index in [0.717, 1.165) is 5.56 Å². The summed E-state index contributed by atoms with van der Waals surface area (Å²) in [7, 11) is 0. The summed E-state index contributed by atoms with van der Waals surface area (Å²) in [5.41, 5.74) is 0.927. The van der Waals surface area contributed by atoms with E-state index in [4.69, 9.17) is 0 Å². The molecule has 0 aliphatic heterocycles. The molecule has 3 heteroatoms. The zero-order valence-electron chi connectivity index (χ0n) is 8.15. The summed E-state index contributed by atoms with van der Waals surface area (Å²) in [6.07, 6.45) is 0.208. The molecule has 0 aliphatic rings. The van der Waals surface area contributed by atoms with E-state index in [-0.39, 0.29) is 6.61 Å². The van der Waals surface area contributed by atoms with Gasteiger partial charge in [0.1, 0.15) is 0 Å². The zero-order valence-corrected chi connectivity index (χ0v) is 8.15. The molecule has 0 saturated carbocycles. The van der Waals surface area contributed by atoms with Gasteiger partial charge < -0.3 is 10.4 Å². The second-order valence-corrected chi connectivity index (χ2v) is 3.17. The van der Waals surface area contributed by atoms with E-state index >= 15 is 0 Å². The van der Waals surface area contributed by atoms with Gasteiger partial charge in [-0.15, -0.1) is 0 Å². The third kappa shape index (κ3) is 3.87. The Hall–Kier alpha value is -0.900. The highest BCUT2D eigenvalue weighted by atomic mass is 16.3. The van der Waals surface area contributed by atoms with Crippen LogP contribution < -0.4 is 5.32 Å². The number of rotatable bonds is 6. The predicted molar refractivity (Wildman–Crippen MR) is 54.4 cm³/mol. The monoisotopic (exact) mass is 194 g/mol. The Morgan fingerprint density at radius 3 is 2.57 bits per heavy atom. The van der Waals surface area contributed by atoms with Crippen molar-refractivity contribution in [3.05, 3.63) is 35.9 Å². The lowest BCUT2D eigenvalue weighted by Gasteiger charge is -2.10. The Labute approximate surface area is 84.4 Å². The molecule has 1 radical (unpaired) electrons. The van der Waals surface area contributed by atoms with Gasteiger partial charge in [0.25, 0.3) is 0 Å². The molecule has 14 heavy (non-hydrogen) atoms. The lowest BCUT2D eigenvalue weighted by atomic mass is 10.1. The van der Waals surface area contributed by atoms with Crippen LogP contribution in [0.3, 0.4) is 0 Å². The van der Waals surface area contributed by atoms with Crippen molar-refractivity contribution >= 4 is 0 Å². The van der Waals surface area contributed by atoms with Crippen molar-refractivity contribution in [2.24, 2.45) is 0 Å². The molecule has 3 nitrogen and oxygen atoms in total. The van der Waals surface area contributed by atoms with Crippen LogP contribution in [-0.2, 0) is 5.11 Å². The summed E-state index contributed by atoms with van der Waals surface area (Å²) in [6, 6.07) is 9.54. The van der Waals surface area contributed by atoms with Gasteiger partial charge in [0, 0.05) is 6.54 Å². The topological polar surface area (TPSA) is 52.2 Å². The van der Waals surface area contributed by atoms with Crippen LogP contribution in [0.25, 0.3) is 0 Å². The molecule has 77 valence electrons. The van der Waals surface area contributed by atoms with E-state index in [1.54, 1.807) is 0 Å². The third-order valence-electron chi connectivity index (χ3n) is 2.06. The average Bonchev–Trinajstić information content (AvgIpc) is 2.25. The van der Waals surface area contributed by atoms with Crippen LogP contribution in [-0.4, -0.2) is 24.8 Å². The largest absolute Gasteiger partial charge is 0.388 e. The molecule has 2 N–H and O–H groups in total. The van der Waals surface area contributed by atoms with Crippen LogP contribution in [0.1, 0.15) is 18.1 Å². The molecule has 1 aromatic carbocycles. The molecule has 0 spiro atoms. The van der Waals surface area contributed by atoms with Gasteiger partial charge in [-0.2, -0.15) is 0 Å². The number of benzene rings is 1. The molecule has 0 aliphatic carbocycles. The Bertz CT molecular complexity index is 238. The first-order chi connectivity index (χ1) is 6.84. The van der Waals surface area contributed by atoms with Crippen LogP contribution in [0.2, 0.25) is 0 Å². The number of aliphatic hydroxyl groups is 1. The van der Waals surface area contributed by atoms with Crippen LogP contribution in [0.5, 0.6) is 0 Å². The molecular formula is C11H16NO2. The fourth-order valence-electron chi connectivity index (χ4n) is 1.28. The molecule has 0 saturated heterocycles. The molecule has 0 heterocycles. The van der Waals surface area contributed by atoms with Gasteiger partial charge in [0.05, 0.1) is 12.7 Å². The standard InChI is InChI=1S/C11H16NO2/c13-9-8-12-7-6-11(14)10-4-2-1-3-5-10/h1-5,11-12,14H,6-9H2. The van der Waals surface area contributed by atoms with Crippen molar-refractivity contribution in [2.45, 2.75) is 12.5 Å². The first-order valence-corrected chi connectivity index (χ1v) is 4.86. The molecule has 1 aromatic rings. The van der Waals surface area contributed by atoms with Crippen LogP contribution in [0, 0.1) is 0 Å². The van der Waals surface area contributed by atoms with Gasteiger partial charge in [-0.3, -0.25) is 0 Å². The fourth-order valence-corrected chi connectivity index (χ4v) is 1.28. The number of nitrogens with one attached hydrogen (secondary N) is 1. The highest BCUT2D eigenvalue weighted by Crippen LogP contribution is 2.14. The molecule has 1 rings (SSSR count). The minimum atomic E-state index is -0.435. The van der Waals surface area contributed by atoms with E-state index in [9.17, 15) is 10.2 Å². The molecule has 1 atom stereocenters. The van der Waals surface area contributed by atoms with Crippen LogP contribution in [0.4, 0.5) is 0 Å². The second kappa shape index (κ2) is 6.54. The van der Waals surface area contributed by atoms with E-state index in [0.29, 0.717) is 19.5 Å². The predicted octanol–water partition coefficient (Wildman–Crippen LogP) is 1.13. The minimum absolute atomic E-state index is 0.110. The van der Waals surface area contributed by atoms with Crippen molar-refractivity contribution in [2.75, 3.05) is 19.7 Å². The zero-order chi connectivity index (χ0) is 10.2. The number of aliphatic hydroxyl groups excluding tert-OH is 1. The van der Waals surface area contributed by atoms with E-state index in [2.05, 4.69) is 5.32 Å². The maximum Gasteiger partial charge on any atom is 0.0946 e. The lowest BCUT2D eigenvalue weighted by Crippen LogP contribution is -2.20. The normalized spacial score (nSPS) is 12.7. The van der Waals surface area contributed by atoms with E-state index in [1.165, 1.54) is 0 Å². The van der Waals surface area contributed by atoms with Crippen molar-refractivity contribution < 1.29 is 10.2 Å². The van der Waals surface area contributed by atoms with Gasteiger partial charge in [-0.05, 0) is 18.5 Å². The van der Waals surface area contributed by atoms with Gasteiger partial charge in [0.15, 0.2) is 0 Å². The summed E-state index contributed by atoms with van der Waals surface area (Å²) in [5.74, 6) is 0. The van der Waals surface area contributed by atoms with Crippen molar-refractivity contribution in [3.63, 3.8) is 0 Å². The van der Waals surface area contributed by atoms with Crippen molar-refractivity contribution in [1.29, 1.82) is 0 Å². The quantitative estimate of drug-likeness (QED) is 0.667. The summed E-state index contributed by atoms with van der Waals surface area (Å²) < 4.78 is 0. The smallest absolute Gasteiger partial charge is 0.0946 e. The Morgan fingerprint density at radius 2 is 1.93 bits per heavy atom. The lowest BCUT2D eigenvalue weighted by molar-refractivity contribution is 0.161. The first kappa shape index (κ1) is 11.2. The highest BCUT2D eigenvalue weighted by molar-refractivity contribution is 5.17. The van der Waals surface area contributed by atoms with Crippen molar-refractivity contribution in [1.82, 2.24) is 5.32 Å². The van der Waals surface area contributed by atoms with Crippen LogP contribution in [0.15, 0.2) is 30.3 Å². The molecule has 1 unspecified atom stereocenters. The summed E-state index contributed by atoms with van der Waals surface area (Å²) in [4.78, 5) is 0. The Morgan fingerprint density at radius 1 is 1.21 bits per heavy atom. The molecule has 0 aromatic heterocycles. The molecule has 0 fully saturated rings. The SMILES string of the molecule is [O]CCNCCC(O)c1ccccc1. The molecule has 0 amide bonds. The minimum Gasteiger partial charge on any atom is -0.388 e. The Balaban J connectivity index is 2.25. The molecule has 0 bridgehead atoms. The molecular weight excluding hydrogens is 178 g/mol. The number of hydrogen-bond donors (Lipinski definition) is 2. The van der Waals surface area contributed by atoms with Gasteiger partial charge in [0.2, 0.25) is 0 Å². The van der Waals surface area contributed by atoms with Crippen molar-refractivity contribution in [3.8, 4) is 0 Å². The average molecular weight is 194 g/mol.